The number of nitrogens with zero attached hydrogens (tertiary/aromatic N) is 1. The number of ether oxygens (including phenoxy) is 1. The number of halogens is 1. The van der Waals surface area contributed by atoms with Crippen LogP contribution in [0.1, 0.15) is 27.4 Å². The zero-order valence-electron chi connectivity index (χ0n) is 13.3. The summed E-state index contributed by atoms with van der Waals surface area (Å²) in [5.74, 6) is 0.439. The van der Waals surface area contributed by atoms with Crippen molar-refractivity contribution in [3.63, 3.8) is 0 Å². The summed E-state index contributed by atoms with van der Waals surface area (Å²) in [7, 11) is 1.30. The van der Waals surface area contributed by atoms with Gasteiger partial charge in [-0.05, 0) is 49.2 Å². The molecule has 7 heteroatoms. The molecular formula is C16H20IN3O3. The van der Waals surface area contributed by atoms with E-state index in [1.807, 2.05) is 32.0 Å². The monoisotopic (exact) mass is 429 g/mol. The molecule has 124 valence electrons. The van der Waals surface area contributed by atoms with E-state index >= 15 is 0 Å². The van der Waals surface area contributed by atoms with Crippen molar-refractivity contribution in [3.05, 3.63) is 53.0 Å². The third-order valence-corrected chi connectivity index (χ3v) is 3.23. The minimum atomic E-state index is -0.517. The lowest BCUT2D eigenvalue weighted by Crippen LogP contribution is -2.22. The molecule has 23 heavy (non-hydrogen) atoms. The molecule has 2 aromatic rings. The first-order valence-electron chi connectivity index (χ1n) is 6.81. The standard InChI is InChI=1S/C16H19N3O3.HI/c1-10-4-5-12(8-11(10)2)19-16(17)18-9-13-6-7-14(22-13)15(20)21-3;/h4-8H,9H2,1-3H3,(H3,17,18,19);1H. The van der Waals surface area contributed by atoms with Crippen molar-refractivity contribution >= 4 is 41.6 Å². The molecule has 1 heterocycles. The quantitative estimate of drug-likeness (QED) is 0.337. The molecule has 3 N–H and O–H groups in total. The van der Waals surface area contributed by atoms with Crippen molar-refractivity contribution in [2.45, 2.75) is 20.4 Å². The maximum Gasteiger partial charge on any atom is 0.373 e. The van der Waals surface area contributed by atoms with Gasteiger partial charge in [-0.2, -0.15) is 0 Å². The Morgan fingerprint density at radius 2 is 2.00 bits per heavy atom. The van der Waals surface area contributed by atoms with Gasteiger partial charge in [0.05, 0.1) is 7.11 Å². The van der Waals surface area contributed by atoms with Crippen LogP contribution in [0.25, 0.3) is 0 Å². The van der Waals surface area contributed by atoms with Gasteiger partial charge in [-0.3, -0.25) is 0 Å². The number of furan rings is 1. The molecule has 0 spiro atoms. The summed E-state index contributed by atoms with van der Waals surface area (Å²) in [5, 5.41) is 3.02. The molecule has 0 radical (unpaired) electrons. The van der Waals surface area contributed by atoms with Crippen LogP contribution in [0.15, 0.2) is 39.7 Å². The number of aliphatic imine (C=N–C) groups is 1. The van der Waals surface area contributed by atoms with Crippen molar-refractivity contribution < 1.29 is 13.9 Å². The van der Waals surface area contributed by atoms with Crippen molar-refractivity contribution in [2.24, 2.45) is 10.7 Å². The van der Waals surface area contributed by atoms with Crippen molar-refractivity contribution in [2.75, 3.05) is 12.4 Å². The van der Waals surface area contributed by atoms with E-state index in [1.54, 1.807) is 12.1 Å². The SMILES string of the molecule is COC(=O)c1ccc(CN=C(N)Nc2ccc(C)c(C)c2)o1.I. The fourth-order valence-corrected chi connectivity index (χ4v) is 1.84. The highest BCUT2D eigenvalue weighted by Gasteiger charge is 2.10. The Bertz CT molecular complexity index is 710. The normalized spacial score (nSPS) is 10.8. The largest absolute Gasteiger partial charge is 0.463 e. The fourth-order valence-electron chi connectivity index (χ4n) is 1.84. The third-order valence-electron chi connectivity index (χ3n) is 3.23. The van der Waals surface area contributed by atoms with E-state index in [-0.39, 0.29) is 42.2 Å². The summed E-state index contributed by atoms with van der Waals surface area (Å²) < 4.78 is 9.88. The Hall–Kier alpha value is -2.03. The first kappa shape index (κ1) is 19.0. The van der Waals surface area contributed by atoms with Gasteiger partial charge in [0.2, 0.25) is 5.76 Å². The summed E-state index contributed by atoms with van der Waals surface area (Å²) in [6, 6.07) is 9.16. The number of nitrogens with two attached hydrogens (primary N) is 1. The molecule has 0 saturated carbocycles. The number of aryl methyl sites for hydroxylation is 2. The van der Waals surface area contributed by atoms with Crippen LogP contribution in [0.3, 0.4) is 0 Å². The van der Waals surface area contributed by atoms with Crippen LogP contribution in [0, 0.1) is 13.8 Å². The first-order valence-corrected chi connectivity index (χ1v) is 6.81. The van der Waals surface area contributed by atoms with E-state index < -0.39 is 5.97 Å². The van der Waals surface area contributed by atoms with Crippen LogP contribution >= 0.6 is 24.0 Å². The van der Waals surface area contributed by atoms with Gasteiger partial charge in [-0.25, -0.2) is 9.79 Å². The summed E-state index contributed by atoms with van der Waals surface area (Å²) in [5.41, 5.74) is 9.10. The zero-order valence-corrected chi connectivity index (χ0v) is 15.6. The van der Waals surface area contributed by atoms with E-state index in [0.717, 1.165) is 5.69 Å². The summed E-state index contributed by atoms with van der Waals surface area (Å²) in [6.45, 7) is 4.32. The second-order valence-corrected chi connectivity index (χ2v) is 4.88. The maximum absolute atomic E-state index is 11.3. The van der Waals surface area contributed by atoms with Crippen LogP contribution in [0.5, 0.6) is 0 Å². The number of methoxy groups -OCH3 is 1. The fraction of sp³-hybridized carbons (Fsp3) is 0.250. The lowest BCUT2D eigenvalue weighted by atomic mass is 10.1. The van der Waals surface area contributed by atoms with Gasteiger partial charge in [-0.1, -0.05) is 6.07 Å². The average Bonchev–Trinajstić information content (AvgIpc) is 2.97. The Balaban J connectivity index is 0.00000264. The molecule has 2 rings (SSSR count). The zero-order chi connectivity index (χ0) is 16.1. The Morgan fingerprint density at radius 3 is 2.65 bits per heavy atom. The number of guanidine groups is 1. The van der Waals surface area contributed by atoms with Gasteiger partial charge in [-0.15, -0.1) is 24.0 Å². The highest BCUT2D eigenvalue weighted by atomic mass is 127. The van der Waals surface area contributed by atoms with E-state index in [2.05, 4.69) is 15.0 Å². The van der Waals surface area contributed by atoms with Crippen LogP contribution < -0.4 is 11.1 Å². The molecule has 0 atom stereocenters. The van der Waals surface area contributed by atoms with E-state index in [0.29, 0.717) is 5.76 Å². The lowest BCUT2D eigenvalue weighted by Gasteiger charge is -2.07. The maximum atomic E-state index is 11.3. The van der Waals surface area contributed by atoms with E-state index in [4.69, 9.17) is 10.2 Å². The summed E-state index contributed by atoms with van der Waals surface area (Å²) in [4.78, 5) is 15.5. The molecule has 6 nitrogen and oxygen atoms in total. The van der Waals surface area contributed by atoms with E-state index in [1.165, 1.54) is 18.2 Å². The van der Waals surface area contributed by atoms with Gasteiger partial charge in [0, 0.05) is 5.69 Å². The summed E-state index contributed by atoms with van der Waals surface area (Å²) >= 11 is 0. The number of hydrogen-bond donors (Lipinski definition) is 2. The second kappa shape index (κ2) is 8.56. The highest BCUT2D eigenvalue weighted by molar-refractivity contribution is 14.0. The Labute approximate surface area is 152 Å². The number of carbonyl (C=O) groups excluding carboxylic acids is 1. The molecule has 0 aliphatic heterocycles. The van der Waals surface area contributed by atoms with Gasteiger partial charge < -0.3 is 20.2 Å². The molecule has 0 unspecified atom stereocenters. The minimum absolute atomic E-state index is 0. The number of hydrogen-bond acceptors (Lipinski definition) is 4. The van der Waals surface area contributed by atoms with Gasteiger partial charge in [0.1, 0.15) is 12.3 Å². The molecule has 0 bridgehead atoms. The Kier molecular flexibility index (Phi) is 7.08. The topological polar surface area (TPSA) is 89.8 Å². The predicted octanol–water partition coefficient (Wildman–Crippen LogP) is 3.23. The van der Waals surface area contributed by atoms with Crippen molar-refractivity contribution in [1.82, 2.24) is 0 Å². The van der Waals surface area contributed by atoms with Crippen LogP contribution in [0.2, 0.25) is 0 Å². The number of benzene rings is 1. The number of carbonyl (C=O) groups is 1. The van der Waals surface area contributed by atoms with Crippen LogP contribution in [-0.4, -0.2) is 19.0 Å². The molecule has 1 aromatic carbocycles. The van der Waals surface area contributed by atoms with Gasteiger partial charge in [0.15, 0.2) is 5.96 Å². The summed E-state index contributed by atoms with van der Waals surface area (Å²) in [6.07, 6.45) is 0. The molecular weight excluding hydrogens is 409 g/mol. The van der Waals surface area contributed by atoms with Crippen molar-refractivity contribution in [1.29, 1.82) is 0 Å². The van der Waals surface area contributed by atoms with Crippen LogP contribution in [-0.2, 0) is 11.3 Å². The van der Waals surface area contributed by atoms with Gasteiger partial charge >= 0.3 is 5.97 Å². The highest BCUT2D eigenvalue weighted by Crippen LogP contribution is 2.14. The number of nitrogens with one attached hydrogen (secondary N) is 1. The third kappa shape index (κ3) is 5.27. The number of anilines is 1. The van der Waals surface area contributed by atoms with Crippen LogP contribution in [0.4, 0.5) is 5.69 Å². The Morgan fingerprint density at radius 1 is 1.26 bits per heavy atom. The number of rotatable bonds is 4. The van der Waals surface area contributed by atoms with Crippen molar-refractivity contribution in [3.8, 4) is 0 Å². The lowest BCUT2D eigenvalue weighted by molar-refractivity contribution is 0.0563. The average molecular weight is 429 g/mol. The molecule has 0 fully saturated rings. The molecule has 1 aromatic heterocycles. The minimum Gasteiger partial charge on any atom is -0.463 e. The van der Waals surface area contributed by atoms with Gasteiger partial charge in [0.25, 0.3) is 0 Å². The molecule has 0 aliphatic carbocycles. The predicted molar refractivity (Wildman–Crippen MR) is 100 cm³/mol. The second-order valence-electron chi connectivity index (χ2n) is 4.88. The molecule has 0 amide bonds. The van der Waals surface area contributed by atoms with E-state index in [9.17, 15) is 4.79 Å². The number of esters is 1. The first-order chi connectivity index (χ1) is 10.5. The molecule has 0 aliphatic rings. The molecule has 0 saturated heterocycles. The smallest absolute Gasteiger partial charge is 0.373 e.